The van der Waals surface area contributed by atoms with E-state index in [4.69, 9.17) is 18.9 Å². The maximum atomic E-state index is 12.8. The molecule has 3 aromatic carbocycles. The van der Waals surface area contributed by atoms with Crippen LogP contribution in [0.2, 0.25) is 0 Å². The number of ether oxygens (including phenoxy) is 4. The summed E-state index contributed by atoms with van der Waals surface area (Å²) in [5.41, 5.74) is 3.17. The van der Waals surface area contributed by atoms with Crippen molar-refractivity contribution in [2.45, 2.75) is 38.1 Å². The first-order valence-corrected chi connectivity index (χ1v) is 12.0. The molecule has 1 fully saturated rings. The summed E-state index contributed by atoms with van der Waals surface area (Å²) < 4.78 is 24.9. The van der Waals surface area contributed by atoms with Crippen molar-refractivity contribution in [3.8, 4) is 0 Å². The van der Waals surface area contributed by atoms with Gasteiger partial charge in [0.2, 0.25) is 5.91 Å². The van der Waals surface area contributed by atoms with Gasteiger partial charge in [0.15, 0.2) is 0 Å². The molecule has 1 aliphatic rings. The maximum Gasteiger partial charge on any atom is 0.227 e. The van der Waals surface area contributed by atoms with Gasteiger partial charge in [-0.05, 0) is 16.7 Å². The third-order valence-electron chi connectivity index (χ3n) is 6.12. The first-order valence-electron chi connectivity index (χ1n) is 12.0. The summed E-state index contributed by atoms with van der Waals surface area (Å²) >= 11 is 0. The zero-order valence-corrected chi connectivity index (χ0v) is 20.0. The van der Waals surface area contributed by atoms with Gasteiger partial charge in [-0.25, -0.2) is 0 Å². The van der Waals surface area contributed by atoms with Crippen LogP contribution < -0.4 is 5.32 Å². The molecule has 4 atom stereocenters. The lowest BCUT2D eigenvalue weighted by Gasteiger charge is -2.41. The number of carbonyl (C=O) groups is 1. The van der Waals surface area contributed by atoms with Crippen LogP contribution >= 0.6 is 0 Å². The highest BCUT2D eigenvalue weighted by Crippen LogP contribution is 2.28. The van der Waals surface area contributed by atoms with Gasteiger partial charge in [0.05, 0.1) is 39.0 Å². The molecular weight excluding hydrogens is 442 g/mol. The lowest BCUT2D eigenvalue weighted by molar-refractivity contribution is -0.219. The van der Waals surface area contributed by atoms with Crippen LogP contribution in [0.5, 0.6) is 0 Å². The highest BCUT2D eigenvalue weighted by atomic mass is 16.6. The van der Waals surface area contributed by atoms with Crippen LogP contribution in [-0.4, -0.2) is 44.5 Å². The molecule has 6 nitrogen and oxygen atoms in total. The highest BCUT2D eigenvalue weighted by molar-refractivity contribution is 5.79. The third-order valence-corrected chi connectivity index (χ3v) is 6.12. The van der Waals surface area contributed by atoms with Gasteiger partial charge in [0.25, 0.3) is 0 Å². The molecule has 1 N–H and O–H groups in total. The summed E-state index contributed by atoms with van der Waals surface area (Å²) in [6, 6.07) is 29.9. The van der Waals surface area contributed by atoms with Crippen LogP contribution in [0.15, 0.2) is 91.0 Å². The van der Waals surface area contributed by atoms with Crippen LogP contribution in [-0.2, 0) is 43.6 Å². The molecule has 0 aliphatic carbocycles. The summed E-state index contributed by atoms with van der Waals surface area (Å²) in [6.45, 7) is 1.81. The Morgan fingerprint density at radius 1 is 0.771 bits per heavy atom. The molecule has 0 bridgehead atoms. The Kier molecular flexibility index (Phi) is 9.43. The molecule has 35 heavy (non-hydrogen) atoms. The molecule has 6 heteroatoms. The minimum Gasteiger partial charge on any atom is -0.374 e. The zero-order chi connectivity index (χ0) is 24.3. The van der Waals surface area contributed by atoms with Crippen LogP contribution in [0.3, 0.4) is 0 Å². The van der Waals surface area contributed by atoms with Crippen molar-refractivity contribution in [2.75, 3.05) is 20.3 Å². The average Bonchev–Trinajstić information content (AvgIpc) is 2.92. The Bertz CT molecular complexity index is 1020. The van der Waals surface area contributed by atoms with E-state index in [1.807, 2.05) is 91.0 Å². The van der Waals surface area contributed by atoms with E-state index < -0.39 is 18.1 Å². The first kappa shape index (κ1) is 25.1. The molecule has 1 aliphatic heterocycles. The van der Waals surface area contributed by atoms with E-state index in [0.717, 1.165) is 16.7 Å². The van der Waals surface area contributed by atoms with E-state index in [9.17, 15) is 4.79 Å². The van der Waals surface area contributed by atoms with Gasteiger partial charge in [-0.1, -0.05) is 91.0 Å². The summed E-state index contributed by atoms with van der Waals surface area (Å²) in [6.07, 6.45) is -1.34. The van der Waals surface area contributed by atoms with Gasteiger partial charge in [-0.3, -0.25) is 4.79 Å². The van der Waals surface area contributed by atoms with Crippen molar-refractivity contribution in [3.05, 3.63) is 108 Å². The molecule has 1 heterocycles. The molecule has 0 saturated carbocycles. The molecule has 0 spiro atoms. The fourth-order valence-electron chi connectivity index (χ4n) is 4.22. The Morgan fingerprint density at radius 2 is 1.26 bits per heavy atom. The topological polar surface area (TPSA) is 66.0 Å². The predicted molar refractivity (Wildman–Crippen MR) is 133 cm³/mol. The number of hydrogen-bond acceptors (Lipinski definition) is 5. The van der Waals surface area contributed by atoms with E-state index in [-0.39, 0.29) is 18.6 Å². The minimum absolute atomic E-state index is 0.125. The van der Waals surface area contributed by atoms with Crippen molar-refractivity contribution in [1.29, 1.82) is 0 Å². The number of amides is 1. The van der Waals surface area contributed by atoms with Crippen molar-refractivity contribution >= 4 is 5.91 Å². The van der Waals surface area contributed by atoms with E-state index >= 15 is 0 Å². The number of benzene rings is 3. The summed E-state index contributed by atoms with van der Waals surface area (Å²) in [5.74, 6) is -0.616. The standard InChI is InChI=1S/C29H33NO5/c1-30-29(31)25-20-33-26(21-32-17-22-11-5-2-6-12-22)28(35-19-24-15-9-4-10-16-24)27(25)34-18-23-13-7-3-8-14-23/h2-16,25-28H,17-21H2,1H3,(H,30,31)/t25-,26-,27-,28+/m1/s1. The molecule has 3 aromatic rings. The van der Waals surface area contributed by atoms with Crippen molar-refractivity contribution < 1.29 is 23.7 Å². The molecule has 0 unspecified atom stereocenters. The normalized spacial score (nSPS) is 22.0. The van der Waals surface area contributed by atoms with Crippen molar-refractivity contribution in [3.63, 3.8) is 0 Å². The Morgan fingerprint density at radius 3 is 1.77 bits per heavy atom. The monoisotopic (exact) mass is 475 g/mol. The van der Waals surface area contributed by atoms with Gasteiger partial charge in [0.1, 0.15) is 18.3 Å². The smallest absolute Gasteiger partial charge is 0.227 e. The van der Waals surface area contributed by atoms with Crippen LogP contribution in [0.1, 0.15) is 16.7 Å². The molecule has 1 saturated heterocycles. The second-order valence-corrected chi connectivity index (χ2v) is 8.62. The lowest BCUT2D eigenvalue weighted by atomic mass is 9.91. The second kappa shape index (κ2) is 13.2. The Labute approximate surface area is 207 Å². The quantitative estimate of drug-likeness (QED) is 0.452. The SMILES string of the molecule is CNC(=O)[C@@H]1CO[C@H](COCc2ccccc2)[C@H](OCc2ccccc2)[C@@H]1OCc1ccccc1. The average molecular weight is 476 g/mol. The van der Waals surface area contributed by atoms with Crippen LogP contribution in [0.25, 0.3) is 0 Å². The summed E-state index contributed by atoms with van der Waals surface area (Å²) in [4.78, 5) is 12.8. The van der Waals surface area contributed by atoms with E-state index in [2.05, 4.69) is 5.32 Å². The lowest BCUT2D eigenvalue weighted by Crippen LogP contribution is -2.57. The number of rotatable bonds is 11. The largest absolute Gasteiger partial charge is 0.374 e. The summed E-state index contributed by atoms with van der Waals surface area (Å²) in [5, 5.41) is 2.75. The molecule has 4 rings (SSSR count). The Balaban J connectivity index is 1.50. The number of nitrogens with one attached hydrogen (secondary N) is 1. The van der Waals surface area contributed by atoms with Gasteiger partial charge in [-0.2, -0.15) is 0 Å². The minimum atomic E-state index is -0.491. The molecule has 184 valence electrons. The van der Waals surface area contributed by atoms with Crippen LogP contribution in [0.4, 0.5) is 0 Å². The van der Waals surface area contributed by atoms with E-state index in [0.29, 0.717) is 26.4 Å². The number of carbonyl (C=O) groups excluding carboxylic acids is 1. The molecule has 0 radical (unpaired) electrons. The van der Waals surface area contributed by atoms with Crippen molar-refractivity contribution in [2.24, 2.45) is 5.92 Å². The fraction of sp³-hybridized carbons (Fsp3) is 0.345. The molecule has 1 amide bonds. The molecular formula is C29H33NO5. The van der Waals surface area contributed by atoms with Gasteiger partial charge < -0.3 is 24.3 Å². The fourth-order valence-corrected chi connectivity index (χ4v) is 4.22. The second-order valence-electron chi connectivity index (χ2n) is 8.62. The maximum absolute atomic E-state index is 12.8. The number of hydrogen-bond donors (Lipinski definition) is 1. The van der Waals surface area contributed by atoms with Gasteiger partial charge >= 0.3 is 0 Å². The molecule has 0 aromatic heterocycles. The van der Waals surface area contributed by atoms with E-state index in [1.54, 1.807) is 7.05 Å². The zero-order valence-electron chi connectivity index (χ0n) is 20.0. The predicted octanol–water partition coefficient (Wildman–Crippen LogP) is 4.14. The Hall–Kier alpha value is -3.03. The summed E-state index contributed by atoms with van der Waals surface area (Å²) in [7, 11) is 1.63. The highest BCUT2D eigenvalue weighted by Gasteiger charge is 2.45. The first-order chi connectivity index (χ1) is 17.2. The van der Waals surface area contributed by atoms with Crippen LogP contribution in [0, 0.1) is 5.92 Å². The van der Waals surface area contributed by atoms with Crippen molar-refractivity contribution in [1.82, 2.24) is 5.32 Å². The third kappa shape index (κ3) is 7.23. The van der Waals surface area contributed by atoms with Gasteiger partial charge in [-0.15, -0.1) is 0 Å². The van der Waals surface area contributed by atoms with Gasteiger partial charge in [0, 0.05) is 7.05 Å². The van der Waals surface area contributed by atoms with E-state index in [1.165, 1.54) is 0 Å².